The average molecular weight is 290 g/mol. The summed E-state index contributed by atoms with van der Waals surface area (Å²) in [5.41, 5.74) is 6.32. The van der Waals surface area contributed by atoms with Crippen molar-refractivity contribution < 1.29 is 5.11 Å². The van der Waals surface area contributed by atoms with Crippen molar-refractivity contribution in [1.29, 1.82) is 0 Å². The van der Waals surface area contributed by atoms with Crippen LogP contribution < -0.4 is 0 Å². The number of rotatable bonds is 2. The highest BCUT2D eigenvalue weighted by Crippen LogP contribution is 2.33. The van der Waals surface area contributed by atoms with Crippen molar-refractivity contribution in [2.24, 2.45) is 0 Å². The fourth-order valence-corrected chi connectivity index (χ4v) is 3.13. The maximum absolute atomic E-state index is 10.9. The smallest absolute Gasteiger partial charge is 0.108 e. The molecule has 0 saturated carbocycles. The Morgan fingerprint density at radius 1 is 0.773 bits per heavy atom. The van der Waals surface area contributed by atoms with E-state index in [0.29, 0.717) is 0 Å². The Morgan fingerprint density at radius 3 is 1.68 bits per heavy atom. The number of aliphatic hydroxyl groups excluding tert-OH is 1. The van der Waals surface area contributed by atoms with E-state index in [-0.39, 0.29) is 0 Å². The van der Waals surface area contributed by atoms with Gasteiger partial charge in [0.25, 0.3) is 0 Å². The number of aryl methyl sites for hydroxylation is 2. The highest BCUT2D eigenvalue weighted by Gasteiger charge is 2.18. The largest absolute Gasteiger partial charge is 0.383 e. The molecule has 0 radical (unpaired) electrons. The third-order valence-electron chi connectivity index (χ3n) is 4.33. The lowest BCUT2D eigenvalue weighted by Crippen LogP contribution is -1.97. The summed E-state index contributed by atoms with van der Waals surface area (Å²) in [6.07, 6.45) is 3.17. The van der Waals surface area contributed by atoms with Crippen LogP contribution in [0.25, 0.3) is 21.8 Å². The second-order valence-corrected chi connectivity index (χ2v) is 5.99. The monoisotopic (exact) mass is 290 g/mol. The summed E-state index contributed by atoms with van der Waals surface area (Å²) in [5.74, 6) is 0. The fraction of sp³-hybridized carbons (Fsp3) is 0.158. The van der Waals surface area contributed by atoms with Gasteiger partial charge >= 0.3 is 0 Å². The first-order valence-electron chi connectivity index (χ1n) is 7.47. The van der Waals surface area contributed by atoms with Crippen molar-refractivity contribution >= 4 is 21.8 Å². The Hall–Kier alpha value is -2.52. The summed E-state index contributed by atoms with van der Waals surface area (Å²) in [7, 11) is 0. The zero-order valence-corrected chi connectivity index (χ0v) is 12.6. The van der Waals surface area contributed by atoms with E-state index in [1.54, 1.807) is 0 Å². The molecule has 110 valence electrons. The quantitative estimate of drug-likeness (QED) is 0.505. The second-order valence-electron chi connectivity index (χ2n) is 5.99. The number of hydrogen-bond donors (Lipinski definition) is 3. The summed E-state index contributed by atoms with van der Waals surface area (Å²) in [6.45, 7) is 4.13. The van der Waals surface area contributed by atoms with Gasteiger partial charge < -0.3 is 15.1 Å². The van der Waals surface area contributed by atoms with Crippen LogP contribution >= 0.6 is 0 Å². The minimum atomic E-state index is -0.647. The standard InChI is InChI=1S/C19H18N2O/c1-11-3-5-17-13(7-11)15(9-20-17)19(22)16-10-21-18-6-4-12(2)8-14(16)18/h3-10,19-22H,1-2H3. The van der Waals surface area contributed by atoms with Crippen LogP contribution in [0, 0.1) is 13.8 Å². The van der Waals surface area contributed by atoms with E-state index in [9.17, 15) is 5.11 Å². The predicted molar refractivity (Wildman–Crippen MR) is 90.1 cm³/mol. The lowest BCUT2D eigenvalue weighted by molar-refractivity contribution is 0.223. The van der Waals surface area contributed by atoms with Crippen LogP contribution in [0.1, 0.15) is 28.4 Å². The number of hydrogen-bond acceptors (Lipinski definition) is 1. The van der Waals surface area contributed by atoms with Crippen molar-refractivity contribution in [2.75, 3.05) is 0 Å². The molecule has 2 heterocycles. The number of aromatic nitrogens is 2. The lowest BCUT2D eigenvalue weighted by atomic mass is 9.99. The number of fused-ring (bicyclic) bond motifs is 2. The molecule has 0 fully saturated rings. The molecule has 3 nitrogen and oxygen atoms in total. The average Bonchev–Trinajstić information content (AvgIpc) is 3.09. The molecule has 3 heteroatoms. The molecule has 2 aromatic heterocycles. The first kappa shape index (κ1) is 13.2. The van der Waals surface area contributed by atoms with Crippen LogP contribution in [0.2, 0.25) is 0 Å². The zero-order chi connectivity index (χ0) is 15.3. The molecule has 4 rings (SSSR count). The van der Waals surface area contributed by atoms with Crippen LogP contribution in [-0.4, -0.2) is 15.1 Å². The maximum atomic E-state index is 10.9. The molecule has 3 N–H and O–H groups in total. The number of aliphatic hydroxyl groups is 1. The lowest BCUT2D eigenvalue weighted by Gasteiger charge is -2.09. The number of aromatic amines is 2. The van der Waals surface area contributed by atoms with Gasteiger partial charge in [-0.2, -0.15) is 0 Å². The molecule has 0 atom stereocenters. The maximum Gasteiger partial charge on any atom is 0.108 e. The SMILES string of the molecule is Cc1ccc2[nH]cc(C(O)c3c[nH]c4ccc(C)cc34)c2c1. The van der Waals surface area contributed by atoms with Crippen molar-refractivity contribution in [3.05, 3.63) is 71.0 Å². The van der Waals surface area contributed by atoms with E-state index in [2.05, 4.69) is 60.2 Å². The summed E-state index contributed by atoms with van der Waals surface area (Å²) >= 11 is 0. The van der Waals surface area contributed by atoms with Crippen LogP contribution in [0.5, 0.6) is 0 Å². The molecule has 0 spiro atoms. The van der Waals surface area contributed by atoms with Crippen molar-refractivity contribution in [3.63, 3.8) is 0 Å². The Kier molecular flexibility index (Phi) is 2.84. The zero-order valence-electron chi connectivity index (χ0n) is 12.6. The third-order valence-corrected chi connectivity index (χ3v) is 4.33. The molecule has 2 aromatic carbocycles. The highest BCUT2D eigenvalue weighted by atomic mass is 16.3. The first-order valence-corrected chi connectivity index (χ1v) is 7.47. The molecule has 0 aliphatic heterocycles. The van der Waals surface area contributed by atoms with Crippen LogP contribution in [-0.2, 0) is 0 Å². The molecule has 0 aliphatic rings. The van der Waals surface area contributed by atoms with E-state index in [0.717, 1.165) is 32.9 Å². The Balaban J connectivity index is 1.90. The van der Waals surface area contributed by atoms with Gasteiger partial charge in [0.2, 0.25) is 0 Å². The van der Waals surface area contributed by atoms with Gasteiger partial charge in [-0.05, 0) is 38.1 Å². The fourth-order valence-electron chi connectivity index (χ4n) is 3.13. The van der Waals surface area contributed by atoms with E-state index >= 15 is 0 Å². The van der Waals surface area contributed by atoms with E-state index < -0.39 is 6.10 Å². The van der Waals surface area contributed by atoms with Crippen molar-refractivity contribution in [2.45, 2.75) is 20.0 Å². The summed E-state index contributed by atoms with van der Waals surface area (Å²) in [6, 6.07) is 12.5. The molecular weight excluding hydrogens is 272 g/mol. The molecular formula is C19H18N2O. The molecule has 0 aliphatic carbocycles. The summed E-state index contributed by atoms with van der Waals surface area (Å²) < 4.78 is 0. The number of nitrogens with one attached hydrogen (secondary N) is 2. The Labute approximate surface area is 128 Å². The van der Waals surface area contributed by atoms with Gasteiger partial charge in [0, 0.05) is 45.3 Å². The van der Waals surface area contributed by atoms with Gasteiger partial charge in [0.05, 0.1) is 0 Å². The van der Waals surface area contributed by atoms with E-state index in [1.807, 2.05) is 12.4 Å². The van der Waals surface area contributed by atoms with Gasteiger partial charge in [-0.3, -0.25) is 0 Å². The normalized spacial score (nSPS) is 11.8. The molecule has 0 bridgehead atoms. The van der Waals surface area contributed by atoms with Gasteiger partial charge in [0.15, 0.2) is 0 Å². The van der Waals surface area contributed by atoms with E-state index in [1.165, 1.54) is 11.1 Å². The van der Waals surface area contributed by atoms with Gasteiger partial charge in [-0.1, -0.05) is 23.3 Å². The van der Waals surface area contributed by atoms with Crippen LogP contribution in [0.15, 0.2) is 48.8 Å². The van der Waals surface area contributed by atoms with Gasteiger partial charge in [-0.25, -0.2) is 0 Å². The van der Waals surface area contributed by atoms with Crippen LogP contribution in [0.4, 0.5) is 0 Å². The topological polar surface area (TPSA) is 51.8 Å². The second kappa shape index (κ2) is 4.75. The van der Waals surface area contributed by atoms with E-state index in [4.69, 9.17) is 0 Å². The van der Waals surface area contributed by atoms with Crippen molar-refractivity contribution in [1.82, 2.24) is 9.97 Å². The number of H-pyrrole nitrogens is 2. The molecule has 0 saturated heterocycles. The Bertz CT molecular complexity index is 898. The van der Waals surface area contributed by atoms with Gasteiger partial charge in [-0.15, -0.1) is 0 Å². The minimum absolute atomic E-state index is 0.647. The molecule has 4 aromatic rings. The van der Waals surface area contributed by atoms with Gasteiger partial charge in [0.1, 0.15) is 6.10 Å². The summed E-state index contributed by atoms with van der Waals surface area (Å²) in [4.78, 5) is 6.49. The predicted octanol–water partition coefficient (Wildman–Crippen LogP) is 4.35. The van der Waals surface area contributed by atoms with Crippen molar-refractivity contribution in [3.8, 4) is 0 Å². The molecule has 22 heavy (non-hydrogen) atoms. The van der Waals surface area contributed by atoms with Crippen LogP contribution in [0.3, 0.4) is 0 Å². The number of benzene rings is 2. The highest BCUT2D eigenvalue weighted by molar-refractivity contribution is 5.88. The molecule has 0 unspecified atom stereocenters. The molecule has 0 amide bonds. The first-order chi connectivity index (χ1) is 10.6. The summed E-state index contributed by atoms with van der Waals surface area (Å²) in [5, 5.41) is 13.1. The minimum Gasteiger partial charge on any atom is -0.383 e. The third kappa shape index (κ3) is 1.94. The Morgan fingerprint density at radius 2 is 1.23 bits per heavy atom.